The fraction of sp³-hybridized carbons (Fsp3) is 0.467. The third-order valence-corrected chi connectivity index (χ3v) is 3.82. The summed E-state index contributed by atoms with van der Waals surface area (Å²) in [6, 6.07) is 8.24. The lowest BCUT2D eigenvalue weighted by Gasteiger charge is -2.31. The van der Waals surface area contributed by atoms with Gasteiger partial charge in [-0.05, 0) is 31.7 Å². The lowest BCUT2D eigenvalue weighted by molar-refractivity contribution is 0.123. The van der Waals surface area contributed by atoms with Crippen molar-refractivity contribution in [3.63, 3.8) is 0 Å². The first-order chi connectivity index (χ1) is 8.81. The molecule has 1 unspecified atom stereocenters. The summed E-state index contributed by atoms with van der Waals surface area (Å²) in [6.45, 7) is 3.93. The minimum atomic E-state index is -0.108. The largest absolute Gasteiger partial charge is 0.481 e. The van der Waals surface area contributed by atoms with E-state index in [9.17, 15) is 0 Å². The average Bonchev–Trinajstić information content (AvgIpc) is 2.79. The van der Waals surface area contributed by atoms with Gasteiger partial charge in [0.05, 0.1) is 0 Å². The summed E-state index contributed by atoms with van der Waals surface area (Å²) in [7, 11) is 0. The molecule has 2 N–H and O–H groups in total. The molecule has 96 valence electrons. The van der Waals surface area contributed by atoms with Gasteiger partial charge in [0, 0.05) is 25.1 Å². The molecule has 2 heterocycles. The van der Waals surface area contributed by atoms with Crippen molar-refractivity contribution < 1.29 is 4.74 Å². The van der Waals surface area contributed by atoms with Gasteiger partial charge in [-0.1, -0.05) is 24.3 Å². The summed E-state index contributed by atoms with van der Waals surface area (Å²) in [4.78, 5) is 2.45. The molecule has 3 heteroatoms. The number of para-hydroxylation sites is 1. The van der Waals surface area contributed by atoms with Gasteiger partial charge in [-0.3, -0.25) is 4.90 Å². The highest BCUT2D eigenvalue weighted by atomic mass is 16.5. The highest BCUT2D eigenvalue weighted by Crippen LogP contribution is 2.36. The van der Waals surface area contributed by atoms with Crippen LogP contribution in [-0.2, 0) is 0 Å². The third-order valence-electron chi connectivity index (χ3n) is 3.82. The number of hydrogen-bond acceptors (Lipinski definition) is 3. The summed E-state index contributed by atoms with van der Waals surface area (Å²) in [5.74, 6) is 1.01. The second kappa shape index (κ2) is 4.75. The normalized spacial score (nSPS) is 26.3. The van der Waals surface area contributed by atoms with Crippen LogP contribution in [0, 0.1) is 0 Å². The first kappa shape index (κ1) is 11.8. The van der Waals surface area contributed by atoms with E-state index >= 15 is 0 Å². The second-order valence-corrected chi connectivity index (χ2v) is 5.21. The summed E-state index contributed by atoms with van der Waals surface area (Å²) < 4.78 is 6.23. The minimum absolute atomic E-state index is 0.108. The van der Waals surface area contributed by atoms with Crippen molar-refractivity contribution in [1.29, 1.82) is 0 Å². The van der Waals surface area contributed by atoms with Gasteiger partial charge >= 0.3 is 0 Å². The third kappa shape index (κ3) is 2.16. The number of hydrogen-bond donors (Lipinski definition) is 1. The van der Waals surface area contributed by atoms with Gasteiger partial charge in [-0.15, -0.1) is 0 Å². The zero-order valence-corrected chi connectivity index (χ0v) is 10.6. The predicted molar refractivity (Wildman–Crippen MR) is 73.6 cm³/mol. The fourth-order valence-corrected chi connectivity index (χ4v) is 2.81. The molecule has 1 spiro atoms. The highest BCUT2D eigenvalue weighted by molar-refractivity contribution is 5.61. The molecule has 0 saturated carbocycles. The van der Waals surface area contributed by atoms with Crippen LogP contribution in [0.25, 0.3) is 6.08 Å². The van der Waals surface area contributed by atoms with Gasteiger partial charge < -0.3 is 10.5 Å². The SMILES string of the molecule is NCCCN1CCC2(C=Cc3ccccc3O2)C1. The van der Waals surface area contributed by atoms with Gasteiger partial charge in [0.2, 0.25) is 0 Å². The van der Waals surface area contributed by atoms with Gasteiger partial charge in [-0.25, -0.2) is 0 Å². The van der Waals surface area contributed by atoms with E-state index in [-0.39, 0.29) is 5.60 Å². The second-order valence-electron chi connectivity index (χ2n) is 5.21. The molecule has 2 aliphatic rings. The Kier molecular flexibility index (Phi) is 3.10. The predicted octanol–water partition coefficient (Wildman–Crippen LogP) is 1.89. The Labute approximate surface area is 108 Å². The highest BCUT2D eigenvalue weighted by Gasteiger charge is 2.39. The molecule has 1 saturated heterocycles. The molecule has 1 aromatic carbocycles. The van der Waals surface area contributed by atoms with Crippen LogP contribution in [0.3, 0.4) is 0 Å². The molecule has 2 aliphatic heterocycles. The maximum Gasteiger partial charge on any atom is 0.141 e. The first-order valence-corrected chi connectivity index (χ1v) is 6.71. The summed E-state index contributed by atoms with van der Waals surface area (Å²) in [5, 5.41) is 0. The topological polar surface area (TPSA) is 38.5 Å². The minimum Gasteiger partial charge on any atom is -0.481 e. The van der Waals surface area contributed by atoms with Crippen molar-refractivity contribution in [1.82, 2.24) is 4.90 Å². The fourth-order valence-electron chi connectivity index (χ4n) is 2.81. The van der Waals surface area contributed by atoms with Crippen molar-refractivity contribution in [2.45, 2.75) is 18.4 Å². The molecule has 1 atom stereocenters. The van der Waals surface area contributed by atoms with Crippen LogP contribution in [0.15, 0.2) is 30.3 Å². The monoisotopic (exact) mass is 244 g/mol. The lowest BCUT2D eigenvalue weighted by atomic mass is 9.97. The van der Waals surface area contributed by atoms with E-state index in [0.717, 1.165) is 44.8 Å². The maximum atomic E-state index is 6.23. The van der Waals surface area contributed by atoms with Crippen LogP contribution in [0.5, 0.6) is 5.75 Å². The van der Waals surface area contributed by atoms with E-state index in [2.05, 4.69) is 29.2 Å². The average molecular weight is 244 g/mol. The Morgan fingerprint density at radius 3 is 3.11 bits per heavy atom. The Morgan fingerprint density at radius 1 is 1.33 bits per heavy atom. The molecule has 3 nitrogen and oxygen atoms in total. The Bertz CT molecular complexity index is 458. The molecule has 0 aliphatic carbocycles. The van der Waals surface area contributed by atoms with E-state index in [1.807, 2.05) is 12.1 Å². The Morgan fingerprint density at radius 2 is 2.22 bits per heavy atom. The van der Waals surface area contributed by atoms with Gasteiger partial charge in [0.1, 0.15) is 11.4 Å². The number of benzene rings is 1. The number of ether oxygens (including phenoxy) is 1. The van der Waals surface area contributed by atoms with Gasteiger partial charge in [0.25, 0.3) is 0 Å². The first-order valence-electron chi connectivity index (χ1n) is 6.71. The zero-order valence-electron chi connectivity index (χ0n) is 10.6. The molecule has 18 heavy (non-hydrogen) atoms. The summed E-state index contributed by atoms with van der Waals surface area (Å²) in [6.07, 6.45) is 6.57. The zero-order chi connectivity index (χ0) is 12.4. The molecule has 1 fully saturated rings. The Hall–Kier alpha value is -1.32. The lowest BCUT2D eigenvalue weighted by Crippen LogP contribution is -2.39. The molecule has 3 rings (SSSR count). The van der Waals surface area contributed by atoms with Crippen LogP contribution in [-0.4, -0.2) is 36.7 Å². The van der Waals surface area contributed by atoms with Crippen LogP contribution in [0.4, 0.5) is 0 Å². The number of fused-ring (bicyclic) bond motifs is 1. The number of nitrogens with two attached hydrogens (primary N) is 1. The van der Waals surface area contributed by atoms with Crippen molar-refractivity contribution in [3.05, 3.63) is 35.9 Å². The molecule has 0 aromatic heterocycles. The molecular formula is C15H20N2O. The molecule has 0 amide bonds. The van der Waals surface area contributed by atoms with E-state index in [1.165, 1.54) is 5.56 Å². The maximum absolute atomic E-state index is 6.23. The Balaban J connectivity index is 1.72. The van der Waals surface area contributed by atoms with E-state index in [4.69, 9.17) is 10.5 Å². The van der Waals surface area contributed by atoms with Crippen LogP contribution >= 0.6 is 0 Å². The van der Waals surface area contributed by atoms with Gasteiger partial charge in [0.15, 0.2) is 0 Å². The quantitative estimate of drug-likeness (QED) is 0.882. The number of likely N-dealkylation sites (tertiary alicyclic amines) is 1. The van der Waals surface area contributed by atoms with E-state index < -0.39 is 0 Å². The molecule has 0 bridgehead atoms. The summed E-state index contributed by atoms with van der Waals surface area (Å²) >= 11 is 0. The standard InChI is InChI=1S/C15H20N2O/c16-9-3-10-17-11-8-15(12-17)7-6-13-4-1-2-5-14(13)18-15/h1-2,4-7H,3,8-12,16H2. The van der Waals surface area contributed by atoms with E-state index in [1.54, 1.807) is 0 Å². The van der Waals surface area contributed by atoms with E-state index in [0.29, 0.717) is 0 Å². The van der Waals surface area contributed by atoms with Gasteiger partial charge in [-0.2, -0.15) is 0 Å². The molecular weight excluding hydrogens is 224 g/mol. The molecule has 1 aromatic rings. The summed E-state index contributed by atoms with van der Waals surface area (Å²) in [5.41, 5.74) is 6.64. The number of rotatable bonds is 3. The van der Waals surface area contributed by atoms with Crippen molar-refractivity contribution in [2.75, 3.05) is 26.2 Å². The molecule has 0 radical (unpaired) electrons. The number of nitrogens with zero attached hydrogens (tertiary/aromatic N) is 1. The van der Waals surface area contributed by atoms with Crippen molar-refractivity contribution in [3.8, 4) is 5.75 Å². The van der Waals surface area contributed by atoms with Crippen LogP contribution in [0.2, 0.25) is 0 Å². The smallest absolute Gasteiger partial charge is 0.141 e. The van der Waals surface area contributed by atoms with Crippen molar-refractivity contribution >= 4 is 6.08 Å². The van der Waals surface area contributed by atoms with Crippen LogP contribution < -0.4 is 10.5 Å². The van der Waals surface area contributed by atoms with Crippen molar-refractivity contribution in [2.24, 2.45) is 5.73 Å². The van der Waals surface area contributed by atoms with Crippen LogP contribution in [0.1, 0.15) is 18.4 Å².